The molecular formula is C20H21N7OS. The summed E-state index contributed by atoms with van der Waals surface area (Å²) in [6, 6.07) is 7.53. The number of thioether (sulfide) groups is 1. The number of nitrogen functional groups attached to an aromatic ring is 1. The lowest BCUT2D eigenvalue weighted by atomic mass is 10.0. The Kier molecular flexibility index (Phi) is 6.75. The van der Waals surface area contributed by atoms with Crippen molar-refractivity contribution >= 4 is 36.0 Å². The van der Waals surface area contributed by atoms with E-state index in [1.807, 2.05) is 31.2 Å². The molecule has 0 saturated heterocycles. The van der Waals surface area contributed by atoms with E-state index in [0.29, 0.717) is 29.6 Å². The van der Waals surface area contributed by atoms with Gasteiger partial charge in [0.05, 0.1) is 29.7 Å². The highest BCUT2D eigenvalue weighted by Crippen LogP contribution is 2.41. The molecule has 3 rings (SSSR count). The van der Waals surface area contributed by atoms with Crippen molar-refractivity contribution in [1.82, 2.24) is 25.6 Å². The van der Waals surface area contributed by atoms with Crippen molar-refractivity contribution in [3.63, 3.8) is 0 Å². The minimum atomic E-state index is -0.231. The third kappa shape index (κ3) is 5.08. The van der Waals surface area contributed by atoms with Crippen molar-refractivity contribution in [3.05, 3.63) is 49.1 Å². The number of carbonyl (C=O) groups is 1. The monoisotopic (exact) mass is 407 g/mol. The summed E-state index contributed by atoms with van der Waals surface area (Å²) in [5, 5.41) is 5.50. The third-order valence-electron chi connectivity index (χ3n) is 3.95. The van der Waals surface area contributed by atoms with Crippen LogP contribution in [0.25, 0.3) is 22.4 Å². The number of aliphatic imine (C=N–C) groups is 1. The summed E-state index contributed by atoms with van der Waals surface area (Å²) in [5.41, 5.74) is 9.79. The molecule has 0 aliphatic heterocycles. The summed E-state index contributed by atoms with van der Waals surface area (Å²) >= 11 is 1.43. The van der Waals surface area contributed by atoms with Crippen LogP contribution in [0.2, 0.25) is 0 Å². The van der Waals surface area contributed by atoms with Crippen molar-refractivity contribution in [2.75, 3.05) is 18.2 Å². The first-order valence-electron chi connectivity index (χ1n) is 8.90. The number of nitrogens with one attached hydrogen (secondary N) is 2. The van der Waals surface area contributed by atoms with Crippen LogP contribution >= 0.6 is 11.8 Å². The SMILES string of the molecule is C=Nc1cc(-c2cccnc2)cc(-c2cncc(N)n2)c1SCNC(=O)NCC. The second kappa shape index (κ2) is 9.65. The van der Waals surface area contributed by atoms with Crippen molar-refractivity contribution < 1.29 is 4.79 Å². The molecule has 8 nitrogen and oxygen atoms in total. The van der Waals surface area contributed by atoms with E-state index in [-0.39, 0.29) is 6.03 Å². The van der Waals surface area contributed by atoms with Crippen molar-refractivity contribution in [2.24, 2.45) is 4.99 Å². The quantitative estimate of drug-likeness (QED) is 0.313. The zero-order valence-electron chi connectivity index (χ0n) is 15.9. The van der Waals surface area contributed by atoms with Gasteiger partial charge in [0.15, 0.2) is 0 Å². The Bertz CT molecular complexity index is 1010. The molecular weight excluding hydrogens is 386 g/mol. The summed E-state index contributed by atoms with van der Waals surface area (Å²) in [4.78, 5) is 29.5. The molecule has 2 amide bonds. The van der Waals surface area contributed by atoms with Crippen LogP contribution in [-0.2, 0) is 0 Å². The molecule has 0 aliphatic carbocycles. The van der Waals surface area contributed by atoms with Crippen molar-refractivity contribution in [2.45, 2.75) is 11.8 Å². The third-order valence-corrected chi connectivity index (χ3v) is 4.96. The Morgan fingerprint density at radius 3 is 2.76 bits per heavy atom. The molecule has 0 unspecified atom stereocenters. The topological polar surface area (TPSA) is 118 Å². The van der Waals surface area contributed by atoms with Gasteiger partial charge < -0.3 is 16.4 Å². The molecule has 0 spiro atoms. The van der Waals surface area contributed by atoms with Crippen molar-refractivity contribution in [1.29, 1.82) is 0 Å². The van der Waals surface area contributed by atoms with Crippen LogP contribution in [0.1, 0.15) is 6.92 Å². The lowest BCUT2D eigenvalue weighted by Gasteiger charge is -2.15. The van der Waals surface area contributed by atoms with Gasteiger partial charge in [-0.05, 0) is 37.4 Å². The predicted octanol–water partition coefficient (Wildman–Crippen LogP) is 3.49. The standard InChI is InChI=1S/C20H21N7OS/c1-3-25-20(28)26-12-29-19-15(17-10-24-11-18(21)27-17)7-14(8-16(19)22-2)13-5-4-6-23-9-13/h4-11H,2-3,12H2,1H3,(H2,21,27)(H2,25,26,28). The summed E-state index contributed by atoms with van der Waals surface area (Å²) in [5.74, 6) is 0.669. The Labute approximate surface area is 173 Å². The Hall–Kier alpha value is -3.46. The fourth-order valence-corrected chi connectivity index (χ4v) is 3.62. The zero-order valence-corrected chi connectivity index (χ0v) is 16.7. The molecule has 148 valence electrons. The average molecular weight is 408 g/mol. The molecule has 29 heavy (non-hydrogen) atoms. The van der Waals surface area contributed by atoms with Crippen LogP contribution in [-0.4, -0.2) is 40.1 Å². The van der Waals surface area contributed by atoms with Gasteiger partial charge in [-0.15, -0.1) is 11.8 Å². The van der Waals surface area contributed by atoms with E-state index >= 15 is 0 Å². The van der Waals surface area contributed by atoms with Gasteiger partial charge in [0, 0.05) is 35.0 Å². The van der Waals surface area contributed by atoms with E-state index in [2.05, 4.69) is 37.3 Å². The first-order valence-corrected chi connectivity index (χ1v) is 9.88. The van der Waals surface area contributed by atoms with Gasteiger partial charge in [0.1, 0.15) is 5.82 Å². The van der Waals surface area contributed by atoms with Gasteiger partial charge >= 0.3 is 6.03 Å². The smallest absolute Gasteiger partial charge is 0.315 e. The first-order chi connectivity index (χ1) is 14.1. The maximum atomic E-state index is 11.7. The minimum absolute atomic E-state index is 0.231. The van der Waals surface area contributed by atoms with E-state index in [0.717, 1.165) is 21.6 Å². The van der Waals surface area contributed by atoms with E-state index < -0.39 is 0 Å². The van der Waals surface area contributed by atoms with E-state index in [9.17, 15) is 4.79 Å². The number of rotatable bonds is 7. The number of nitrogens with zero attached hydrogens (tertiary/aromatic N) is 4. The van der Waals surface area contributed by atoms with Gasteiger partial charge in [-0.3, -0.25) is 15.0 Å². The van der Waals surface area contributed by atoms with E-state index in [4.69, 9.17) is 5.73 Å². The van der Waals surface area contributed by atoms with Gasteiger partial charge in [0.2, 0.25) is 0 Å². The number of hydrogen-bond acceptors (Lipinski definition) is 7. The molecule has 0 atom stereocenters. The van der Waals surface area contributed by atoms with Crippen LogP contribution in [0.15, 0.2) is 58.9 Å². The predicted molar refractivity (Wildman–Crippen MR) is 117 cm³/mol. The number of carbonyl (C=O) groups excluding carboxylic acids is 1. The molecule has 0 radical (unpaired) electrons. The Morgan fingerprint density at radius 2 is 2.07 bits per heavy atom. The second-order valence-electron chi connectivity index (χ2n) is 5.93. The van der Waals surface area contributed by atoms with E-state index in [1.165, 1.54) is 18.0 Å². The largest absolute Gasteiger partial charge is 0.382 e. The minimum Gasteiger partial charge on any atom is -0.382 e. The van der Waals surface area contributed by atoms with Gasteiger partial charge in [-0.1, -0.05) is 6.07 Å². The van der Waals surface area contributed by atoms with Gasteiger partial charge in [-0.2, -0.15) is 0 Å². The number of aromatic nitrogens is 3. The number of hydrogen-bond donors (Lipinski definition) is 3. The Balaban J connectivity index is 2.05. The summed E-state index contributed by atoms with van der Waals surface area (Å²) < 4.78 is 0. The fraction of sp³-hybridized carbons (Fsp3) is 0.150. The van der Waals surface area contributed by atoms with Crippen LogP contribution in [0, 0.1) is 0 Å². The highest BCUT2D eigenvalue weighted by atomic mass is 32.2. The maximum absolute atomic E-state index is 11.7. The number of pyridine rings is 1. The van der Waals surface area contributed by atoms with Crippen molar-refractivity contribution in [3.8, 4) is 22.4 Å². The molecule has 0 fully saturated rings. The molecule has 2 heterocycles. The van der Waals surface area contributed by atoms with Gasteiger partial charge in [-0.25, -0.2) is 9.78 Å². The molecule has 9 heteroatoms. The first kappa shape index (κ1) is 20.3. The maximum Gasteiger partial charge on any atom is 0.315 e. The number of urea groups is 1. The van der Waals surface area contributed by atoms with Crippen LogP contribution in [0.3, 0.4) is 0 Å². The van der Waals surface area contributed by atoms with Crippen LogP contribution in [0.5, 0.6) is 0 Å². The zero-order chi connectivity index (χ0) is 20.6. The lowest BCUT2D eigenvalue weighted by Crippen LogP contribution is -2.34. The lowest BCUT2D eigenvalue weighted by molar-refractivity contribution is 0.243. The number of nitrogens with two attached hydrogens (primary N) is 1. The molecule has 2 aromatic heterocycles. The van der Waals surface area contributed by atoms with Crippen LogP contribution in [0.4, 0.5) is 16.3 Å². The van der Waals surface area contributed by atoms with Gasteiger partial charge in [0.25, 0.3) is 0 Å². The molecule has 3 aromatic rings. The number of benzene rings is 1. The highest BCUT2D eigenvalue weighted by Gasteiger charge is 2.16. The molecule has 0 aliphatic rings. The summed E-state index contributed by atoms with van der Waals surface area (Å²) in [6.07, 6.45) is 6.63. The summed E-state index contributed by atoms with van der Waals surface area (Å²) in [7, 11) is 0. The summed E-state index contributed by atoms with van der Waals surface area (Å²) in [6.45, 7) is 6.13. The normalized spacial score (nSPS) is 10.4. The highest BCUT2D eigenvalue weighted by molar-refractivity contribution is 7.99. The fourth-order valence-electron chi connectivity index (χ4n) is 2.68. The molecule has 0 bridgehead atoms. The average Bonchev–Trinajstić information content (AvgIpc) is 2.74. The number of amides is 2. The van der Waals surface area contributed by atoms with E-state index in [1.54, 1.807) is 18.6 Å². The molecule has 1 aromatic carbocycles. The second-order valence-corrected chi connectivity index (χ2v) is 6.91. The molecule has 4 N–H and O–H groups in total. The number of anilines is 1. The molecule has 0 saturated carbocycles. The Morgan fingerprint density at radius 1 is 1.21 bits per heavy atom. The van der Waals surface area contributed by atoms with Crippen LogP contribution < -0.4 is 16.4 Å².